The molecule has 0 spiro atoms. The smallest absolute Gasteiger partial charge is 0.337 e. The number of aromatic carboxylic acids is 1. The predicted octanol–water partition coefficient (Wildman–Crippen LogP) is 1.61. The molecular formula is C13H19NO4. The van der Waals surface area contributed by atoms with Gasteiger partial charge in [-0.25, -0.2) is 4.79 Å². The van der Waals surface area contributed by atoms with E-state index in [4.69, 9.17) is 9.84 Å². The Labute approximate surface area is 106 Å². The number of hydrogen-bond donors (Lipinski definition) is 1. The van der Waals surface area contributed by atoms with E-state index in [-0.39, 0.29) is 11.1 Å². The van der Waals surface area contributed by atoms with Crippen LogP contribution in [0.1, 0.15) is 30.6 Å². The predicted molar refractivity (Wildman–Crippen MR) is 67.9 cm³/mol. The summed E-state index contributed by atoms with van der Waals surface area (Å²) in [5, 5.41) is 8.82. The van der Waals surface area contributed by atoms with E-state index < -0.39 is 5.97 Å². The SMILES string of the molecule is CC(C)CCOCCn1cc(C(=O)O)ccc1=O. The average Bonchev–Trinajstić information content (AvgIpc) is 2.30. The summed E-state index contributed by atoms with van der Waals surface area (Å²) < 4.78 is 6.76. The van der Waals surface area contributed by atoms with E-state index >= 15 is 0 Å². The molecule has 0 saturated heterocycles. The first-order chi connectivity index (χ1) is 8.50. The number of carboxylic acid groups (broad SMARTS) is 1. The van der Waals surface area contributed by atoms with Crippen LogP contribution < -0.4 is 5.56 Å². The fourth-order valence-electron chi connectivity index (χ4n) is 1.42. The second-order valence-corrected chi connectivity index (χ2v) is 4.55. The Morgan fingerprint density at radius 2 is 2.11 bits per heavy atom. The van der Waals surface area contributed by atoms with Crippen molar-refractivity contribution in [3.63, 3.8) is 0 Å². The number of pyridine rings is 1. The van der Waals surface area contributed by atoms with Crippen molar-refractivity contribution in [2.75, 3.05) is 13.2 Å². The molecule has 1 N–H and O–H groups in total. The lowest BCUT2D eigenvalue weighted by Crippen LogP contribution is -2.22. The molecule has 0 aliphatic carbocycles. The van der Waals surface area contributed by atoms with Gasteiger partial charge in [-0.2, -0.15) is 0 Å². The Balaban J connectivity index is 2.49. The highest BCUT2D eigenvalue weighted by atomic mass is 16.5. The molecule has 0 aliphatic rings. The van der Waals surface area contributed by atoms with Crippen molar-refractivity contribution >= 4 is 5.97 Å². The first kappa shape index (κ1) is 14.4. The molecule has 0 unspecified atom stereocenters. The van der Waals surface area contributed by atoms with Gasteiger partial charge in [0, 0.05) is 25.4 Å². The van der Waals surface area contributed by atoms with Crippen molar-refractivity contribution in [2.24, 2.45) is 5.92 Å². The maximum atomic E-state index is 11.5. The molecule has 0 bridgehead atoms. The molecule has 100 valence electrons. The van der Waals surface area contributed by atoms with E-state index in [1.807, 2.05) is 0 Å². The third-order valence-electron chi connectivity index (χ3n) is 2.55. The zero-order chi connectivity index (χ0) is 13.5. The highest BCUT2D eigenvalue weighted by molar-refractivity contribution is 5.87. The van der Waals surface area contributed by atoms with E-state index in [1.54, 1.807) is 0 Å². The third kappa shape index (κ3) is 4.71. The van der Waals surface area contributed by atoms with Crippen LogP contribution in [0.4, 0.5) is 0 Å². The second kappa shape index (κ2) is 6.96. The Morgan fingerprint density at radius 1 is 1.39 bits per heavy atom. The molecule has 0 aliphatic heterocycles. The molecule has 5 heteroatoms. The minimum absolute atomic E-state index is 0.108. The summed E-state index contributed by atoms with van der Waals surface area (Å²) >= 11 is 0. The number of nitrogens with zero attached hydrogens (tertiary/aromatic N) is 1. The molecule has 1 aromatic heterocycles. The second-order valence-electron chi connectivity index (χ2n) is 4.55. The quantitative estimate of drug-likeness (QED) is 0.749. The van der Waals surface area contributed by atoms with Crippen LogP contribution >= 0.6 is 0 Å². The van der Waals surface area contributed by atoms with Gasteiger partial charge in [-0.1, -0.05) is 13.8 Å². The monoisotopic (exact) mass is 253 g/mol. The third-order valence-corrected chi connectivity index (χ3v) is 2.55. The van der Waals surface area contributed by atoms with Crippen LogP contribution in [0, 0.1) is 5.92 Å². The summed E-state index contributed by atoms with van der Waals surface area (Å²) in [5.41, 5.74) is -0.107. The molecule has 0 radical (unpaired) electrons. The van der Waals surface area contributed by atoms with E-state index in [9.17, 15) is 9.59 Å². The van der Waals surface area contributed by atoms with Gasteiger partial charge in [-0.05, 0) is 18.4 Å². The fraction of sp³-hybridized carbons (Fsp3) is 0.538. The fourth-order valence-corrected chi connectivity index (χ4v) is 1.42. The molecule has 1 rings (SSSR count). The molecule has 1 heterocycles. The number of rotatable bonds is 7. The van der Waals surface area contributed by atoms with Gasteiger partial charge >= 0.3 is 5.97 Å². The molecule has 5 nitrogen and oxygen atoms in total. The highest BCUT2D eigenvalue weighted by Gasteiger charge is 2.05. The van der Waals surface area contributed by atoms with Gasteiger partial charge in [-0.15, -0.1) is 0 Å². The molecule has 0 amide bonds. The number of ether oxygens (including phenoxy) is 1. The topological polar surface area (TPSA) is 68.5 Å². The van der Waals surface area contributed by atoms with Crippen LogP contribution in [-0.2, 0) is 11.3 Å². The lowest BCUT2D eigenvalue weighted by atomic mass is 10.1. The average molecular weight is 253 g/mol. The van der Waals surface area contributed by atoms with Gasteiger partial charge in [0.25, 0.3) is 5.56 Å². The van der Waals surface area contributed by atoms with Gasteiger partial charge in [0.1, 0.15) is 0 Å². The van der Waals surface area contributed by atoms with Crippen molar-refractivity contribution in [1.29, 1.82) is 0 Å². The molecule has 1 aromatic rings. The Morgan fingerprint density at radius 3 is 2.72 bits per heavy atom. The first-order valence-corrected chi connectivity index (χ1v) is 6.02. The van der Waals surface area contributed by atoms with Gasteiger partial charge in [-0.3, -0.25) is 4.79 Å². The van der Waals surface area contributed by atoms with E-state index in [1.165, 1.54) is 22.9 Å². The van der Waals surface area contributed by atoms with E-state index in [0.717, 1.165) is 6.42 Å². The first-order valence-electron chi connectivity index (χ1n) is 6.02. The summed E-state index contributed by atoms with van der Waals surface area (Å²) in [4.78, 5) is 22.2. The zero-order valence-electron chi connectivity index (χ0n) is 10.8. The molecule has 0 atom stereocenters. The number of carboxylic acids is 1. The van der Waals surface area contributed by atoms with E-state index in [0.29, 0.717) is 25.7 Å². The van der Waals surface area contributed by atoms with Gasteiger partial charge in [0.15, 0.2) is 0 Å². The number of carbonyl (C=O) groups is 1. The standard InChI is InChI=1S/C13H19NO4/c1-10(2)5-7-18-8-6-14-9-11(13(16)17)3-4-12(14)15/h3-4,9-10H,5-8H2,1-2H3,(H,16,17). The van der Waals surface area contributed by atoms with Crippen LogP contribution in [0.5, 0.6) is 0 Å². The number of aromatic nitrogens is 1. The van der Waals surface area contributed by atoms with Crippen molar-refractivity contribution in [3.8, 4) is 0 Å². The van der Waals surface area contributed by atoms with Crippen LogP contribution in [0.3, 0.4) is 0 Å². The van der Waals surface area contributed by atoms with Gasteiger partial charge in [0.2, 0.25) is 0 Å². The largest absolute Gasteiger partial charge is 0.478 e. The van der Waals surface area contributed by atoms with Crippen molar-refractivity contribution in [2.45, 2.75) is 26.8 Å². The minimum atomic E-state index is -1.04. The normalized spacial score (nSPS) is 10.8. The Kier molecular flexibility index (Phi) is 5.58. The lowest BCUT2D eigenvalue weighted by Gasteiger charge is -2.08. The molecule has 0 fully saturated rings. The van der Waals surface area contributed by atoms with Gasteiger partial charge < -0.3 is 14.4 Å². The highest BCUT2D eigenvalue weighted by Crippen LogP contribution is 1.99. The van der Waals surface area contributed by atoms with Crippen LogP contribution in [0.2, 0.25) is 0 Å². The van der Waals surface area contributed by atoms with Crippen molar-refractivity contribution in [3.05, 3.63) is 34.2 Å². The summed E-state index contributed by atoms with van der Waals surface area (Å²) in [6, 6.07) is 2.57. The Hall–Kier alpha value is -1.62. The molecule has 0 aromatic carbocycles. The van der Waals surface area contributed by atoms with Crippen LogP contribution in [-0.4, -0.2) is 28.9 Å². The van der Waals surface area contributed by atoms with Crippen LogP contribution in [0.25, 0.3) is 0 Å². The van der Waals surface area contributed by atoms with Crippen LogP contribution in [0.15, 0.2) is 23.1 Å². The molecule has 18 heavy (non-hydrogen) atoms. The molecular weight excluding hydrogens is 234 g/mol. The summed E-state index contributed by atoms with van der Waals surface area (Å²) in [7, 11) is 0. The van der Waals surface area contributed by atoms with Crippen molar-refractivity contribution < 1.29 is 14.6 Å². The summed E-state index contributed by atoms with van der Waals surface area (Å²) in [5.74, 6) is -0.451. The Bertz CT molecular complexity index is 451. The summed E-state index contributed by atoms with van der Waals surface area (Å²) in [6.45, 7) is 5.67. The summed E-state index contributed by atoms with van der Waals surface area (Å²) in [6.07, 6.45) is 2.32. The molecule has 0 saturated carbocycles. The number of hydrogen-bond acceptors (Lipinski definition) is 3. The lowest BCUT2D eigenvalue weighted by molar-refractivity contribution is 0.0695. The van der Waals surface area contributed by atoms with E-state index in [2.05, 4.69) is 13.8 Å². The van der Waals surface area contributed by atoms with Crippen molar-refractivity contribution in [1.82, 2.24) is 4.57 Å². The zero-order valence-corrected chi connectivity index (χ0v) is 10.8. The van der Waals surface area contributed by atoms with Gasteiger partial charge in [0.05, 0.1) is 12.2 Å². The maximum Gasteiger partial charge on any atom is 0.337 e. The maximum absolute atomic E-state index is 11.5. The minimum Gasteiger partial charge on any atom is -0.478 e.